The molecule has 5 nitrogen and oxygen atoms in total. The molecule has 1 amide bonds. The van der Waals surface area contributed by atoms with Crippen molar-refractivity contribution in [2.45, 2.75) is 12.5 Å². The Morgan fingerprint density at radius 2 is 2.00 bits per heavy atom. The minimum absolute atomic E-state index is 0.196. The minimum atomic E-state index is -2.59. The molecule has 1 unspecified atom stereocenters. The first-order valence-corrected chi connectivity index (χ1v) is 12.1. The number of hydrogen-bond donors (Lipinski definition) is 2. The van der Waals surface area contributed by atoms with Gasteiger partial charge in [0.1, 0.15) is 15.8 Å². The van der Waals surface area contributed by atoms with Gasteiger partial charge in [-0.1, -0.05) is 52.0 Å². The maximum absolute atomic E-state index is 12.8. The summed E-state index contributed by atoms with van der Waals surface area (Å²) in [6, 6.07) is 11.2. The molecule has 1 atom stereocenters. The molecule has 2 aromatic rings. The van der Waals surface area contributed by atoms with Crippen LogP contribution in [0.25, 0.3) is 17.4 Å². The molecule has 2 aliphatic rings. The fourth-order valence-electron chi connectivity index (χ4n) is 3.13. The van der Waals surface area contributed by atoms with Crippen LogP contribution in [0.15, 0.2) is 50.2 Å². The van der Waals surface area contributed by atoms with Crippen LogP contribution in [0.1, 0.15) is 12.2 Å². The van der Waals surface area contributed by atoms with Crippen molar-refractivity contribution in [2.75, 3.05) is 11.5 Å². The standard InChI is InChI=1S/C18H16BrNO4S3/c19-12-3-1-11(2-4-12)15-6-5-14(24-15)9-16-17(21)20(18(25)26-16)13-7-8-27(22,23)10-13/h1-6,9,13,22-23H,7-8,10H2. The number of carbonyl (C=O) groups excluding carboxylic acids is 1. The SMILES string of the molecule is O=C1C(=Cc2ccc(-c3ccc(Br)cc3)o2)SC(=S)N1C1CCS(O)(O)C1. The summed E-state index contributed by atoms with van der Waals surface area (Å²) in [4.78, 5) is 14.8. The molecule has 2 fully saturated rings. The van der Waals surface area contributed by atoms with Crippen LogP contribution in [0.4, 0.5) is 0 Å². The average molecular weight is 486 g/mol. The lowest BCUT2D eigenvalue weighted by atomic mass is 10.2. The van der Waals surface area contributed by atoms with E-state index in [0.29, 0.717) is 32.9 Å². The van der Waals surface area contributed by atoms with Crippen LogP contribution in [-0.4, -0.2) is 41.8 Å². The van der Waals surface area contributed by atoms with Gasteiger partial charge >= 0.3 is 0 Å². The Morgan fingerprint density at radius 3 is 2.67 bits per heavy atom. The normalized spacial score (nSPS) is 24.8. The molecule has 9 heteroatoms. The summed E-state index contributed by atoms with van der Waals surface area (Å²) in [6.45, 7) is 0. The molecule has 1 aromatic heterocycles. The molecule has 0 spiro atoms. The van der Waals surface area contributed by atoms with E-state index in [9.17, 15) is 13.9 Å². The highest BCUT2D eigenvalue weighted by atomic mass is 79.9. The van der Waals surface area contributed by atoms with E-state index < -0.39 is 10.6 Å². The smallest absolute Gasteiger partial charge is 0.266 e. The Labute approximate surface area is 176 Å². The van der Waals surface area contributed by atoms with Crippen molar-refractivity contribution >= 4 is 66.8 Å². The predicted molar refractivity (Wildman–Crippen MR) is 118 cm³/mol. The Morgan fingerprint density at radius 1 is 1.26 bits per heavy atom. The van der Waals surface area contributed by atoms with Crippen molar-refractivity contribution in [2.24, 2.45) is 0 Å². The lowest BCUT2D eigenvalue weighted by Crippen LogP contribution is -2.39. The zero-order valence-corrected chi connectivity index (χ0v) is 18.0. The summed E-state index contributed by atoms with van der Waals surface area (Å²) >= 11 is 9.98. The van der Waals surface area contributed by atoms with Crippen molar-refractivity contribution in [1.82, 2.24) is 4.90 Å². The summed E-state index contributed by atoms with van der Waals surface area (Å²) in [5.41, 5.74) is 0.946. The van der Waals surface area contributed by atoms with Gasteiger partial charge in [0.25, 0.3) is 5.91 Å². The van der Waals surface area contributed by atoms with Crippen LogP contribution >= 0.6 is 50.5 Å². The highest BCUT2D eigenvalue weighted by molar-refractivity contribution is 9.10. The summed E-state index contributed by atoms with van der Waals surface area (Å²) in [7, 11) is -2.59. The van der Waals surface area contributed by atoms with Crippen LogP contribution < -0.4 is 0 Å². The summed E-state index contributed by atoms with van der Waals surface area (Å²) in [5, 5.41) is 0. The Bertz CT molecular complexity index is 938. The largest absolute Gasteiger partial charge is 0.457 e. The van der Waals surface area contributed by atoms with E-state index in [1.807, 2.05) is 36.4 Å². The zero-order valence-electron chi connectivity index (χ0n) is 14.0. The second-order valence-corrected chi connectivity index (χ2v) is 11.3. The van der Waals surface area contributed by atoms with Gasteiger partial charge in [-0.3, -0.25) is 18.8 Å². The number of thioether (sulfide) groups is 1. The van der Waals surface area contributed by atoms with Crippen molar-refractivity contribution in [3.05, 3.63) is 51.5 Å². The van der Waals surface area contributed by atoms with E-state index in [-0.39, 0.29) is 17.7 Å². The van der Waals surface area contributed by atoms with Gasteiger partial charge in [-0.2, -0.15) is 10.6 Å². The van der Waals surface area contributed by atoms with Gasteiger partial charge in [-0.05, 0) is 30.7 Å². The van der Waals surface area contributed by atoms with Crippen molar-refractivity contribution in [1.29, 1.82) is 0 Å². The third kappa shape index (κ3) is 4.03. The van der Waals surface area contributed by atoms with Crippen molar-refractivity contribution in [3.8, 4) is 11.3 Å². The number of furan rings is 1. The molecule has 2 N–H and O–H groups in total. The third-order valence-electron chi connectivity index (χ3n) is 4.45. The highest BCUT2D eigenvalue weighted by Crippen LogP contribution is 2.49. The monoisotopic (exact) mass is 485 g/mol. The van der Waals surface area contributed by atoms with E-state index in [1.165, 1.54) is 16.7 Å². The Balaban J connectivity index is 1.54. The molecule has 2 saturated heterocycles. The van der Waals surface area contributed by atoms with E-state index in [0.717, 1.165) is 10.0 Å². The number of rotatable bonds is 3. The van der Waals surface area contributed by atoms with Gasteiger partial charge < -0.3 is 4.42 Å². The van der Waals surface area contributed by atoms with E-state index in [2.05, 4.69) is 15.9 Å². The molecule has 27 heavy (non-hydrogen) atoms. The lowest BCUT2D eigenvalue weighted by Gasteiger charge is -2.28. The second-order valence-electron chi connectivity index (χ2n) is 6.38. The average Bonchev–Trinajstić information content (AvgIpc) is 3.28. The number of thiocarbonyl (C=S) groups is 1. The number of halogens is 1. The number of benzene rings is 1. The Hall–Kier alpha value is -1.10. The highest BCUT2D eigenvalue weighted by Gasteiger charge is 2.42. The second kappa shape index (κ2) is 7.38. The fraction of sp³-hybridized carbons (Fsp3) is 0.222. The van der Waals surface area contributed by atoms with Crippen molar-refractivity contribution < 1.29 is 18.3 Å². The first-order valence-electron chi connectivity index (χ1n) is 8.19. The van der Waals surface area contributed by atoms with E-state index in [4.69, 9.17) is 16.6 Å². The third-order valence-corrected chi connectivity index (χ3v) is 8.12. The molecule has 0 saturated carbocycles. The number of amides is 1. The fourth-order valence-corrected chi connectivity index (χ4v) is 6.52. The summed E-state index contributed by atoms with van der Waals surface area (Å²) < 4.78 is 27.0. The minimum Gasteiger partial charge on any atom is -0.457 e. The zero-order chi connectivity index (χ0) is 19.2. The molecule has 1 aromatic carbocycles. The summed E-state index contributed by atoms with van der Waals surface area (Å²) in [5.74, 6) is 1.61. The predicted octanol–water partition coefficient (Wildman–Crippen LogP) is 5.43. The van der Waals surface area contributed by atoms with Gasteiger partial charge in [-0.15, -0.1) is 0 Å². The molecule has 0 radical (unpaired) electrons. The maximum Gasteiger partial charge on any atom is 0.266 e. The van der Waals surface area contributed by atoms with E-state index >= 15 is 0 Å². The van der Waals surface area contributed by atoms with Crippen LogP contribution in [0, 0.1) is 0 Å². The molecular weight excluding hydrogens is 470 g/mol. The van der Waals surface area contributed by atoms with E-state index in [1.54, 1.807) is 6.08 Å². The van der Waals surface area contributed by atoms with Gasteiger partial charge in [0, 0.05) is 21.9 Å². The van der Waals surface area contributed by atoms with Gasteiger partial charge in [0.2, 0.25) is 0 Å². The molecule has 2 aliphatic heterocycles. The van der Waals surface area contributed by atoms with Crippen LogP contribution in [0.2, 0.25) is 0 Å². The molecule has 0 bridgehead atoms. The van der Waals surface area contributed by atoms with Crippen molar-refractivity contribution in [3.63, 3.8) is 0 Å². The van der Waals surface area contributed by atoms with Crippen LogP contribution in [0.3, 0.4) is 0 Å². The molecular formula is C18H16BrNO4S3. The van der Waals surface area contributed by atoms with Crippen LogP contribution in [-0.2, 0) is 4.79 Å². The van der Waals surface area contributed by atoms with Gasteiger partial charge in [0.05, 0.1) is 16.7 Å². The Kier molecular flexibility index (Phi) is 5.26. The topological polar surface area (TPSA) is 73.9 Å². The lowest BCUT2D eigenvalue weighted by molar-refractivity contribution is -0.123. The molecule has 142 valence electrons. The first kappa shape index (κ1) is 19.2. The molecule has 3 heterocycles. The van der Waals surface area contributed by atoms with Crippen LogP contribution in [0.5, 0.6) is 0 Å². The number of hydrogen-bond acceptors (Lipinski definition) is 6. The molecule has 4 rings (SSSR count). The maximum atomic E-state index is 12.8. The van der Waals surface area contributed by atoms with Gasteiger partial charge in [-0.25, -0.2) is 0 Å². The molecule has 0 aliphatic carbocycles. The summed E-state index contributed by atoms with van der Waals surface area (Å²) in [6.07, 6.45) is 2.24. The quantitative estimate of drug-likeness (QED) is 0.445. The van der Waals surface area contributed by atoms with Gasteiger partial charge in [0.15, 0.2) is 0 Å². The number of nitrogens with zero attached hydrogens (tertiary/aromatic N) is 1. The number of carbonyl (C=O) groups is 1. The first-order chi connectivity index (χ1) is 12.8.